The fourth-order valence-corrected chi connectivity index (χ4v) is 3.59. The van der Waals surface area contributed by atoms with Crippen molar-refractivity contribution in [1.29, 1.82) is 0 Å². The predicted molar refractivity (Wildman–Crippen MR) is 97.9 cm³/mol. The minimum atomic E-state index is -0.205. The van der Waals surface area contributed by atoms with E-state index in [4.69, 9.17) is 0 Å². The van der Waals surface area contributed by atoms with Gasteiger partial charge in [-0.05, 0) is 60.4 Å². The number of thiophene rings is 1. The molecule has 1 aromatic carbocycles. The van der Waals surface area contributed by atoms with Gasteiger partial charge in [0.1, 0.15) is 0 Å². The zero-order chi connectivity index (χ0) is 17.1. The molecule has 6 heteroatoms. The van der Waals surface area contributed by atoms with Gasteiger partial charge in [-0.25, -0.2) is 4.79 Å². The number of nitrogens with one attached hydrogen (secondary N) is 2. The second-order valence-corrected chi connectivity index (χ2v) is 6.63. The second-order valence-electron chi connectivity index (χ2n) is 5.85. The fraction of sp³-hybridized carbons (Fsp3) is 0.333. The first-order valence-electron chi connectivity index (χ1n) is 8.11. The minimum absolute atomic E-state index is 0.0455. The number of carbonyl (C=O) groups excluding carboxylic acids is 2. The van der Waals surface area contributed by atoms with Crippen LogP contribution in [0.25, 0.3) is 0 Å². The Hall–Kier alpha value is -2.34. The van der Waals surface area contributed by atoms with Crippen LogP contribution >= 0.6 is 11.3 Å². The lowest BCUT2D eigenvalue weighted by atomic mass is 10.0. The van der Waals surface area contributed by atoms with Crippen LogP contribution in [0.1, 0.15) is 30.9 Å². The molecular formula is C18H21N3O2S. The third-order valence-corrected chi connectivity index (χ3v) is 4.96. The number of nitrogens with zero attached hydrogens (tertiary/aromatic N) is 1. The van der Waals surface area contributed by atoms with Gasteiger partial charge in [-0.2, -0.15) is 11.3 Å². The average Bonchev–Trinajstić information content (AvgIpc) is 3.23. The van der Waals surface area contributed by atoms with Gasteiger partial charge in [-0.1, -0.05) is 6.07 Å². The molecule has 1 aliphatic rings. The molecule has 3 amide bonds. The molecule has 0 saturated carbocycles. The number of hydrogen-bond acceptors (Lipinski definition) is 3. The molecule has 0 radical (unpaired) electrons. The van der Waals surface area contributed by atoms with E-state index in [-0.39, 0.29) is 17.9 Å². The summed E-state index contributed by atoms with van der Waals surface area (Å²) >= 11 is 1.58. The van der Waals surface area contributed by atoms with Crippen molar-refractivity contribution in [3.05, 3.63) is 46.2 Å². The Bertz CT molecular complexity index is 743. The highest BCUT2D eigenvalue weighted by Crippen LogP contribution is 2.31. The molecule has 1 aromatic heterocycles. The zero-order valence-electron chi connectivity index (χ0n) is 13.8. The van der Waals surface area contributed by atoms with Crippen molar-refractivity contribution in [1.82, 2.24) is 5.32 Å². The number of amides is 3. The largest absolute Gasteiger partial charge is 0.338 e. The van der Waals surface area contributed by atoms with Crippen LogP contribution in [0.3, 0.4) is 0 Å². The molecule has 0 saturated heterocycles. The predicted octanol–water partition coefficient (Wildman–Crippen LogP) is 3.58. The fourth-order valence-electron chi connectivity index (χ4n) is 2.84. The third kappa shape index (κ3) is 3.28. The van der Waals surface area contributed by atoms with Crippen molar-refractivity contribution < 1.29 is 9.59 Å². The molecule has 126 valence electrons. The maximum absolute atomic E-state index is 12.4. The van der Waals surface area contributed by atoms with Gasteiger partial charge in [0, 0.05) is 18.8 Å². The van der Waals surface area contributed by atoms with Crippen LogP contribution in [0.5, 0.6) is 0 Å². The Labute approximate surface area is 145 Å². The number of rotatable bonds is 4. The molecule has 5 nitrogen and oxygen atoms in total. The lowest BCUT2D eigenvalue weighted by Gasteiger charge is -2.18. The van der Waals surface area contributed by atoms with Crippen molar-refractivity contribution in [2.75, 3.05) is 23.3 Å². The number of urea groups is 1. The molecule has 2 heterocycles. The molecule has 0 fully saturated rings. The highest BCUT2D eigenvalue weighted by atomic mass is 32.1. The van der Waals surface area contributed by atoms with E-state index in [9.17, 15) is 9.59 Å². The summed E-state index contributed by atoms with van der Waals surface area (Å²) in [5.74, 6) is -0.250. The first-order chi connectivity index (χ1) is 11.6. The Morgan fingerprint density at radius 2 is 2.17 bits per heavy atom. The normalized spacial score (nSPS) is 14.2. The monoisotopic (exact) mass is 343 g/mol. The molecule has 2 aromatic rings. The van der Waals surface area contributed by atoms with Crippen LogP contribution in [0.2, 0.25) is 0 Å². The first-order valence-corrected chi connectivity index (χ1v) is 9.05. The lowest BCUT2D eigenvalue weighted by molar-refractivity contribution is -0.117. The molecule has 24 heavy (non-hydrogen) atoms. The Kier molecular flexibility index (Phi) is 4.85. The van der Waals surface area contributed by atoms with E-state index >= 15 is 0 Å². The summed E-state index contributed by atoms with van der Waals surface area (Å²) in [4.78, 5) is 26.3. The van der Waals surface area contributed by atoms with Crippen molar-refractivity contribution in [3.63, 3.8) is 0 Å². The number of benzene rings is 1. The SMILES string of the molecule is CCNC(=O)N1CCc2ccc(NC(=O)[C@H](C)c3ccsc3)cc21. The van der Waals surface area contributed by atoms with Gasteiger partial charge < -0.3 is 10.6 Å². The molecule has 1 atom stereocenters. The van der Waals surface area contributed by atoms with E-state index in [0.717, 1.165) is 28.9 Å². The zero-order valence-corrected chi connectivity index (χ0v) is 14.7. The molecule has 1 aliphatic heterocycles. The van der Waals surface area contributed by atoms with Crippen LogP contribution in [-0.4, -0.2) is 25.0 Å². The van der Waals surface area contributed by atoms with E-state index in [0.29, 0.717) is 13.1 Å². The van der Waals surface area contributed by atoms with Gasteiger partial charge >= 0.3 is 6.03 Å². The summed E-state index contributed by atoms with van der Waals surface area (Å²) in [7, 11) is 0. The van der Waals surface area contributed by atoms with Crippen molar-refractivity contribution >= 4 is 34.6 Å². The van der Waals surface area contributed by atoms with Gasteiger partial charge in [-0.15, -0.1) is 0 Å². The smallest absolute Gasteiger partial charge is 0.321 e. The van der Waals surface area contributed by atoms with E-state index in [2.05, 4.69) is 10.6 Å². The molecule has 2 N–H and O–H groups in total. The number of fused-ring (bicyclic) bond motifs is 1. The third-order valence-electron chi connectivity index (χ3n) is 4.26. The van der Waals surface area contributed by atoms with Crippen LogP contribution in [-0.2, 0) is 11.2 Å². The second kappa shape index (κ2) is 7.05. The summed E-state index contributed by atoms with van der Waals surface area (Å²) < 4.78 is 0. The molecule has 0 aliphatic carbocycles. The summed E-state index contributed by atoms with van der Waals surface area (Å²) in [6, 6.07) is 7.65. The van der Waals surface area contributed by atoms with E-state index < -0.39 is 0 Å². The highest BCUT2D eigenvalue weighted by Gasteiger charge is 2.25. The molecule has 0 bridgehead atoms. The summed E-state index contributed by atoms with van der Waals surface area (Å²) in [6.07, 6.45) is 0.839. The van der Waals surface area contributed by atoms with Crippen molar-refractivity contribution in [2.45, 2.75) is 26.2 Å². The Morgan fingerprint density at radius 3 is 2.88 bits per heavy atom. The minimum Gasteiger partial charge on any atom is -0.338 e. The topological polar surface area (TPSA) is 61.4 Å². The number of carbonyl (C=O) groups is 2. The van der Waals surface area contributed by atoms with E-state index in [1.54, 1.807) is 16.2 Å². The number of hydrogen-bond donors (Lipinski definition) is 2. The Morgan fingerprint density at radius 1 is 1.33 bits per heavy atom. The molecule has 3 rings (SSSR count). The molecule has 0 spiro atoms. The summed E-state index contributed by atoms with van der Waals surface area (Å²) in [5, 5.41) is 9.75. The standard InChI is InChI=1S/C18H21N3O2S/c1-3-19-18(23)21-8-6-13-4-5-15(10-16(13)21)20-17(22)12(2)14-7-9-24-11-14/h4-5,7,9-12H,3,6,8H2,1-2H3,(H,19,23)(H,20,22)/t12-/m1/s1. The van der Waals surface area contributed by atoms with Crippen molar-refractivity contribution in [3.8, 4) is 0 Å². The summed E-state index contributed by atoms with van der Waals surface area (Å²) in [5.41, 5.74) is 3.74. The van der Waals surface area contributed by atoms with Gasteiger partial charge in [0.05, 0.1) is 11.6 Å². The van der Waals surface area contributed by atoms with Crippen LogP contribution in [0, 0.1) is 0 Å². The maximum atomic E-state index is 12.4. The van der Waals surface area contributed by atoms with Gasteiger partial charge in [-0.3, -0.25) is 9.69 Å². The molecular weight excluding hydrogens is 322 g/mol. The summed E-state index contributed by atoms with van der Waals surface area (Å²) in [6.45, 7) is 5.06. The van der Waals surface area contributed by atoms with Gasteiger partial charge in [0.25, 0.3) is 0 Å². The number of anilines is 2. The van der Waals surface area contributed by atoms with Crippen molar-refractivity contribution in [2.24, 2.45) is 0 Å². The lowest BCUT2D eigenvalue weighted by Crippen LogP contribution is -2.38. The van der Waals surface area contributed by atoms with Gasteiger partial charge in [0.2, 0.25) is 5.91 Å². The van der Waals surface area contributed by atoms with Crippen LogP contribution in [0.15, 0.2) is 35.0 Å². The quantitative estimate of drug-likeness (QED) is 0.891. The average molecular weight is 343 g/mol. The molecule has 0 unspecified atom stereocenters. The van der Waals surface area contributed by atoms with E-state index in [1.807, 2.05) is 48.9 Å². The van der Waals surface area contributed by atoms with Crippen LogP contribution < -0.4 is 15.5 Å². The van der Waals surface area contributed by atoms with Gasteiger partial charge in [0.15, 0.2) is 0 Å². The highest BCUT2D eigenvalue weighted by molar-refractivity contribution is 7.08. The van der Waals surface area contributed by atoms with E-state index in [1.165, 1.54) is 0 Å². The first kappa shape index (κ1) is 16.5. The Balaban J connectivity index is 1.75. The maximum Gasteiger partial charge on any atom is 0.321 e. The van der Waals surface area contributed by atoms with Crippen LogP contribution in [0.4, 0.5) is 16.2 Å².